The van der Waals surface area contributed by atoms with Crippen molar-refractivity contribution in [3.63, 3.8) is 0 Å². The van der Waals surface area contributed by atoms with Gasteiger partial charge in [0.25, 0.3) is 0 Å². The fourth-order valence-corrected chi connectivity index (χ4v) is 2.30. The zero-order chi connectivity index (χ0) is 13.1. The maximum atomic E-state index is 11.1. The van der Waals surface area contributed by atoms with Gasteiger partial charge in [-0.25, -0.2) is 13.6 Å². The van der Waals surface area contributed by atoms with Crippen molar-refractivity contribution in [3.05, 3.63) is 24.0 Å². The highest BCUT2D eigenvalue weighted by molar-refractivity contribution is 7.89. The van der Waals surface area contributed by atoms with E-state index in [0.717, 1.165) is 12.1 Å². The number of pyridine rings is 1. The van der Waals surface area contributed by atoms with Gasteiger partial charge in [0.15, 0.2) is 0 Å². The van der Waals surface area contributed by atoms with Crippen molar-refractivity contribution in [2.24, 2.45) is 5.14 Å². The number of aromatic nitrogens is 1. The van der Waals surface area contributed by atoms with E-state index in [-0.39, 0.29) is 10.8 Å². The number of primary sulfonamides is 1. The van der Waals surface area contributed by atoms with Crippen LogP contribution in [0.5, 0.6) is 0 Å². The molecule has 0 aliphatic carbocycles. The van der Waals surface area contributed by atoms with E-state index in [4.69, 9.17) is 5.14 Å². The normalized spacial score (nSPS) is 15.5. The number of nitrogens with zero attached hydrogens (tertiary/aromatic N) is 1. The van der Waals surface area contributed by atoms with Gasteiger partial charge in [-0.05, 0) is 25.6 Å². The summed E-state index contributed by atoms with van der Waals surface area (Å²) in [7, 11) is -1.75. The highest BCUT2D eigenvalue weighted by atomic mass is 32.2. The van der Waals surface area contributed by atoms with Gasteiger partial charge in [0.1, 0.15) is 4.90 Å². The SMILES string of the molecule is CCC(NC)C(C)c1ccc(S(N)(=O)=O)cn1. The van der Waals surface area contributed by atoms with Crippen LogP contribution in [0.15, 0.2) is 23.2 Å². The summed E-state index contributed by atoms with van der Waals surface area (Å²) in [6.45, 7) is 4.15. The molecular formula is C11H19N3O2S. The lowest BCUT2D eigenvalue weighted by molar-refractivity contribution is 0.465. The molecule has 1 aromatic rings. The molecule has 0 aliphatic rings. The van der Waals surface area contributed by atoms with Crippen LogP contribution in [0.4, 0.5) is 0 Å². The van der Waals surface area contributed by atoms with Crippen molar-refractivity contribution >= 4 is 10.0 Å². The Bertz CT molecular complexity index is 452. The van der Waals surface area contributed by atoms with Gasteiger partial charge in [0, 0.05) is 23.9 Å². The minimum absolute atomic E-state index is 0.0472. The Morgan fingerprint density at radius 3 is 2.47 bits per heavy atom. The first-order chi connectivity index (χ1) is 7.90. The van der Waals surface area contributed by atoms with Crippen LogP contribution in [0, 0.1) is 0 Å². The average molecular weight is 257 g/mol. The fourth-order valence-electron chi connectivity index (χ4n) is 1.84. The van der Waals surface area contributed by atoms with E-state index in [9.17, 15) is 8.42 Å². The zero-order valence-electron chi connectivity index (χ0n) is 10.3. The van der Waals surface area contributed by atoms with Gasteiger partial charge in [0.2, 0.25) is 10.0 Å². The number of likely N-dealkylation sites (N-methyl/N-ethyl adjacent to an activating group) is 1. The Kier molecular flexibility index (Phi) is 4.62. The molecule has 0 aromatic carbocycles. The summed E-state index contributed by atoms with van der Waals surface area (Å²) in [4.78, 5) is 4.21. The predicted molar refractivity (Wildman–Crippen MR) is 67.2 cm³/mol. The standard InChI is InChI=1S/C11H19N3O2S/c1-4-10(13-3)8(2)11-6-5-9(7-14-11)17(12,15)16/h5-8,10,13H,4H2,1-3H3,(H2,12,15,16). The minimum Gasteiger partial charge on any atom is -0.316 e. The highest BCUT2D eigenvalue weighted by Gasteiger charge is 2.17. The van der Waals surface area contributed by atoms with Crippen LogP contribution in [0.2, 0.25) is 0 Å². The van der Waals surface area contributed by atoms with Crippen molar-refractivity contribution in [2.45, 2.75) is 37.1 Å². The van der Waals surface area contributed by atoms with Crippen LogP contribution in [-0.2, 0) is 10.0 Å². The Morgan fingerprint density at radius 2 is 2.12 bits per heavy atom. The van der Waals surface area contributed by atoms with Gasteiger partial charge < -0.3 is 5.32 Å². The molecule has 0 saturated heterocycles. The molecule has 0 bridgehead atoms. The third-order valence-electron chi connectivity index (χ3n) is 2.97. The Morgan fingerprint density at radius 1 is 1.47 bits per heavy atom. The first kappa shape index (κ1) is 14.1. The van der Waals surface area contributed by atoms with Crippen molar-refractivity contribution in [1.82, 2.24) is 10.3 Å². The quantitative estimate of drug-likeness (QED) is 0.818. The van der Waals surface area contributed by atoms with Crippen molar-refractivity contribution < 1.29 is 8.42 Å². The molecule has 1 rings (SSSR count). The summed E-state index contributed by atoms with van der Waals surface area (Å²) >= 11 is 0. The van der Waals surface area contributed by atoms with Crippen LogP contribution in [-0.4, -0.2) is 26.5 Å². The smallest absolute Gasteiger partial charge is 0.239 e. The molecule has 0 spiro atoms. The number of sulfonamides is 1. The predicted octanol–water partition coefficient (Wildman–Crippen LogP) is 0.830. The molecule has 2 unspecified atom stereocenters. The summed E-state index contributed by atoms with van der Waals surface area (Å²) in [6, 6.07) is 3.53. The molecule has 2 atom stereocenters. The van der Waals surface area contributed by atoms with Crippen molar-refractivity contribution in [1.29, 1.82) is 0 Å². The van der Waals surface area contributed by atoms with E-state index < -0.39 is 10.0 Å². The van der Waals surface area contributed by atoms with E-state index in [1.807, 2.05) is 7.05 Å². The van der Waals surface area contributed by atoms with Gasteiger partial charge in [-0.2, -0.15) is 0 Å². The molecule has 0 saturated carbocycles. The summed E-state index contributed by atoms with van der Waals surface area (Å²) in [5, 5.41) is 8.23. The summed E-state index contributed by atoms with van der Waals surface area (Å²) in [5.41, 5.74) is 0.860. The number of nitrogens with one attached hydrogen (secondary N) is 1. The molecule has 96 valence electrons. The third-order valence-corrected chi connectivity index (χ3v) is 3.87. The molecule has 6 heteroatoms. The first-order valence-corrected chi connectivity index (χ1v) is 7.10. The monoisotopic (exact) mass is 257 g/mol. The minimum atomic E-state index is -3.65. The average Bonchev–Trinajstić information content (AvgIpc) is 2.29. The number of hydrogen-bond acceptors (Lipinski definition) is 4. The second kappa shape index (κ2) is 5.57. The molecular weight excluding hydrogens is 238 g/mol. The Balaban J connectivity index is 2.95. The second-order valence-corrected chi connectivity index (χ2v) is 5.62. The Hall–Kier alpha value is -0.980. The number of rotatable bonds is 5. The van der Waals surface area contributed by atoms with E-state index in [1.165, 1.54) is 12.3 Å². The maximum absolute atomic E-state index is 11.1. The molecule has 17 heavy (non-hydrogen) atoms. The van der Waals surface area contributed by atoms with Crippen LogP contribution >= 0.6 is 0 Å². The van der Waals surface area contributed by atoms with E-state index in [2.05, 4.69) is 24.1 Å². The zero-order valence-corrected chi connectivity index (χ0v) is 11.2. The Labute approximate surface area is 102 Å². The fraction of sp³-hybridized carbons (Fsp3) is 0.545. The van der Waals surface area contributed by atoms with E-state index >= 15 is 0 Å². The third kappa shape index (κ3) is 3.49. The summed E-state index contributed by atoms with van der Waals surface area (Å²) in [6.07, 6.45) is 2.29. The van der Waals surface area contributed by atoms with Gasteiger partial charge >= 0.3 is 0 Å². The lowest BCUT2D eigenvalue weighted by atomic mass is 9.96. The highest BCUT2D eigenvalue weighted by Crippen LogP contribution is 2.19. The van der Waals surface area contributed by atoms with Gasteiger partial charge in [-0.15, -0.1) is 0 Å². The largest absolute Gasteiger partial charge is 0.316 e. The van der Waals surface area contributed by atoms with Gasteiger partial charge in [0.05, 0.1) is 0 Å². The topological polar surface area (TPSA) is 85.1 Å². The lowest BCUT2D eigenvalue weighted by Crippen LogP contribution is -2.30. The van der Waals surface area contributed by atoms with Crippen molar-refractivity contribution in [2.75, 3.05) is 7.05 Å². The molecule has 0 amide bonds. The van der Waals surface area contributed by atoms with Gasteiger partial charge in [-0.3, -0.25) is 4.98 Å². The van der Waals surface area contributed by atoms with Crippen LogP contribution in [0.3, 0.4) is 0 Å². The molecule has 0 radical (unpaired) electrons. The molecule has 1 heterocycles. The first-order valence-electron chi connectivity index (χ1n) is 5.56. The molecule has 0 aliphatic heterocycles. The molecule has 5 nitrogen and oxygen atoms in total. The summed E-state index contributed by atoms with van der Waals surface area (Å²) < 4.78 is 22.2. The second-order valence-electron chi connectivity index (χ2n) is 4.06. The van der Waals surface area contributed by atoms with Crippen LogP contribution in [0.1, 0.15) is 31.9 Å². The van der Waals surface area contributed by atoms with Gasteiger partial charge in [-0.1, -0.05) is 13.8 Å². The van der Waals surface area contributed by atoms with Crippen LogP contribution < -0.4 is 10.5 Å². The van der Waals surface area contributed by atoms with E-state index in [1.54, 1.807) is 6.07 Å². The number of hydrogen-bond donors (Lipinski definition) is 2. The number of nitrogens with two attached hydrogens (primary N) is 1. The van der Waals surface area contributed by atoms with Crippen LogP contribution in [0.25, 0.3) is 0 Å². The summed E-state index contributed by atoms with van der Waals surface area (Å²) in [5.74, 6) is 0.222. The lowest BCUT2D eigenvalue weighted by Gasteiger charge is -2.21. The molecule has 3 N–H and O–H groups in total. The van der Waals surface area contributed by atoms with E-state index in [0.29, 0.717) is 6.04 Å². The molecule has 1 aromatic heterocycles. The maximum Gasteiger partial charge on any atom is 0.239 e. The van der Waals surface area contributed by atoms with Crippen molar-refractivity contribution in [3.8, 4) is 0 Å². The molecule has 0 fully saturated rings.